The third kappa shape index (κ3) is 3.66. The van der Waals surface area contributed by atoms with Crippen LogP contribution < -0.4 is 21.9 Å². The summed E-state index contributed by atoms with van der Waals surface area (Å²) in [4.78, 5) is 12.7. The van der Waals surface area contributed by atoms with Crippen LogP contribution in [0.3, 0.4) is 0 Å². The maximum Gasteiger partial charge on any atom is 0.275 e. The summed E-state index contributed by atoms with van der Waals surface area (Å²) >= 11 is 6.05. The molecule has 148 valence electrons. The Morgan fingerprint density at radius 2 is 1.89 bits per heavy atom. The second-order valence-electron chi connectivity index (χ2n) is 7.08. The molecule has 1 N–H and O–H groups in total. The Labute approximate surface area is 179 Å². The Morgan fingerprint density at radius 3 is 2.61 bits per heavy atom. The molecule has 1 atom stereocenters. The highest BCUT2D eigenvalue weighted by Crippen LogP contribution is 2.39. The smallest absolute Gasteiger partial charge is 0.275 e. The second-order valence-corrected chi connectivity index (χ2v) is 7.52. The van der Waals surface area contributed by atoms with Gasteiger partial charge in [0.05, 0.1) is 11.5 Å². The van der Waals surface area contributed by atoms with Crippen LogP contribution in [0.5, 0.6) is 0 Å². The lowest BCUT2D eigenvalue weighted by Crippen LogP contribution is -3.00. The molecule has 28 heavy (non-hydrogen) atoms. The minimum absolute atomic E-state index is 0. The molecule has 2 heterocycles. The van der Waals surface area contributed by atoms with Gasteiger partial charge in [0.2, 0.25) is 0 Å². The van der Waals surface area contributed by atoms with E-state index in [0.717, 1.165) is 43.8 Å². The molecule has 0 bridgehead atoms. The van der Waals surface area contributed by atoms with Gasteiger partial charge in [0.1, 0.15) is 5.69 Å². The van der Waals surface area contributed by atoms with Gasteiger partial charge in [-0.2, -0.15) is 4.90 Å². The van der Waals surface area contributed by atoms with Crippen molar-refractivity contribution < 1.29 is 31.6 Å². The zero-order valence-corrected chi connectivity index (χ0v) is 17.6. The number of non-ortho nitro benzene ring substituents is 1. The molecule has 0 fully saturated rings. The van der Waals surface area contributed by atoms with Crippen LogP contribution in [0.15, 0.2) is 48.5 Å². The predicted octanol–water partition coefficient (Wildman–Crippen LogP) is 0.902. The second kappa shape index (κ2) is 8.19. The monoisotopic (exact) mass is 465 g/mol. The number of amidine groups is 1. The fourth-order valence-corrected chi connectivity index (χ4v) is 4.19. The summed E-state index contributed by atoms with van der Waals surface area (Å²) in [6.07, 6.45) is 4.15. The van der Waals surface area contributed by atoms with Crippen LogP contribution in [0.2, 0.25) is 5.02 Å². The molecule has 0 spiro atoms. The van der Waals surface area contributed by atoms with Crippen molar-refractivity contribution in [2.24, 2.45) is 0 Å². The van der Waals surface area contributed by atoms with Gasteiger partial charge in [-0.1, -0.05) is 23.7 Å². The van der Waals surface area contributed by atoms with E-state index in [0.29, 0.717) is 17.1 Å². The molecule has 0 radical (unpaired) electrons. The summed E-state index contributed by atoms with van der Waals surface area (Å²) in [5.41, 5.74) is -0.0453. The van der Waals surface area contributed by atoms with E-state index in [2.05, 4.69) is 4.58 Å². The van der Waals surface area contributed by atoms with Gasteiger partial charge in [-0.15, -0.1) is 0 Å². The number of nitrogens with zero attached hydrogens (tertiary/aromatic N) is 3. The molecular weight excluding hydrogens is 446 g/mol. The van der Waals surface area contributed by atoms with Gasteiger partial charge in [-0.3, -0.25) is 14.7 Å². The first kappa shape index (κ1) is 20.8. The maximum absolute atomic E-state index is 11.8. The largest absolute Gasteiger partial charge is 1.00 e. The number of hydrogen-bond donors (Lipinski definition) is 1. The summed E-state index contributed by atoms with van der Waals surface area (Å²) in [6, 6.07) is 13.6. The lowest BCUT2D eigenvalue weighted by Gasteiger charge is -2.29. The summed E-state index contributed by atoms with van der Waals surface area (Å²) < 4.78 is 2.21. The van der Waals surface area contributed by atoms with E-state index in [4.69, 9.17) is 11.6 Å². The Bertz CT molecular complexity index is 919. The molecule has 1 unspecified atom stereocenters. The van der Waals surface area contributed by atoms with Crippen molar-refractivity contribution in [1.82, 2.24) is 0 Å². The van der Waals surface area contributed by atoms with E-state index in [1.165, 1.54) is 12.1 Å². The normalized spacial score (nSPS) is 21.7. The predicted molar refractivity (Wildman–Crippen MR) is 104 cm³/mol. The number of nitro groups is 1. The van der Waals surface area contributed by atoms with Crippen molar-refractivity contribution in [3.05, 3.63) is 69.2 Å². The number of nitro benzene ring substituents is 1. The fraction of sp³-hybridized carbons (Fsp3) is 0.350. The van der Waals surface area contributed by atoms with E-state index in [9.17, 15) is 15.2 Å². The minimum Gasteiger partial charge on any atom is -1.00 e. The summed E-state index contributed by atoms with van der Waals surface area (Å²) in [5, 5.41) is 23.6. The quantitative estimate of drug-likeness (QED) is 0.415. The van der Waals surface area contributed by atoms with Crippen molar-refractivity contribution in [1.29, 1.82) is 0 Å². The molecule has 6 nitrogen and oxygen atoms in total. The van der Waals surface area contributed by atoms with E-state index >= 15 is 0 Å². The highest BCUT2D eigenvalue weighted by atomic mass is 79.9. The van der Waals surface area contributed by atoms with Crippen LogP contribution in [-0.4, -0.2) is 33.5 Å². The van der Waals surface area contributed by atoms with E-state index < -0.39 is 10.6 Å². The van der Waals surface area contributed by atoms with Gasteiger partial charge in [0.15, 0.2) is 6.54 Å². The van der Waals surface area contributed by atoms with Crippen LogP contribution in [0.1, 0.15) is 31.2 Å². The van der Waals surface area contributed by atoms with Crippen LogP contribution in [0.25, 0.3) is 0 Å². The number of halogens is 2. The van der Waals surface area contributed by atoms with Crippen LogP contribution in [0.4, 0.5) is 11.4 Å². The SMILES string of the molecule is O=[N+]([O-])c1cccc(C2(O)C[N+]3=C(CCCCC3)N2c2ccc(Cl)cc2)c1.[Br-]. The molecule has 2 aliphatic heterocycles. The highest BCUT2D eigenvalue weighted by molar-refractivity contribution is 6.30. The zero-order chi connectivity index (χ0) is 19.0. The average Bonchev–Trinajstić information content (AvgIpc) is 2.79. The van der Waals surface area contributed by atoms with Crippen LogP contribution in [0, 0.1) is 10.1 Å². The average molecular weight is 467 g/mol. The number of aliphatic hydroxyl groups is 1. The fourth-order valence-electron chi connectivity index (χ4n) is 4.07. The molecule has 0 amide bonds. The maximum atomic E-state index is 11.8. The van der Waals surface area contributed by atoms with Gasteiger partial charge in [0, 0.05) is 29.1 Å². The molecule has 0 saturated carbocycles. The third-order valence-electron chi connectivity index (χ3n) is 5.34. The summed E-state index contributed by atoms with van der Waals surface area (Å²) in [7, 11) is 0. The lowest BCUT2D eigenvalue weighted by molar-refractivity contribution is -0.534. The highest BCUT2D eigenvalue weighted by Gasteiger charge is 2.54. The van der Waals surface area contributed by atoms with Gasteiger partial charge >= 0.3 is 0 Å². The first-order valence-corrected chi connectivity index (χ1v) is 9.51. The van der Waals surface area contributed by atoms with E-state index in [1.807, 2.05) is 17.0 Å². The summed E-state index contributed by atoms with van der Waals surface area (Å²) in [5.74, 6) is 1.06. The number of rotatable bonds is 3. The van der Waals surface area contributed by atoms with Crippen molar-refractivity contribution >= 4 is 28.8 Å². The topological polar surface area (TPSA) is 69.6 Å². The molecule has 2 aliphatic rings. The van der Waals surface area contributed by atoms with E-state index in [1.54, 1.807) is 24.3 Å². The first-order chi connectivity index (χ1) is 13.0. The Kier molecular flexibility index (Phi) is 6.07. The molecule has 0 aliphatic carbocycles. The minimum atomic E-state index is -1.37. The molecule has 8 heteroatoms. The molecule has 0 saturated heterocycles. The molecule has 0 aromatic heterocycles. The van der Waals surface area contributed by atoms with E-state index in [-0.39, 0.29) is 22.7 Å². The molecule has 2 aromatic carbocycles. The van der Waals surface area contributed by atoms with Crippen molar-refractivity contribution in [2.75, 3.05) is 18.0 Å². The number of hydrogen-bond acceptors (Lipinski definition) is 4. The number of benzene rings is 2. The van der Waals surface area contributed by atoms with Gasteiger partial charge in [0.25, 0.3) is 17.2 Å². The zero-order valence-electron chi connectivity index (χ0n) is 15.2. The molecule has 2 aromatic rings. The first-order valence-electron chi connectivity index (χ1n) is 9.13. The standard InChI is InChI=1S/C20H21ClN3O3.BrH/c21-16-8-10-17(11-9-16)23-19-7-2-1-3-12-22(19)14-20(23,25)15-5-4-6-18(13-15)24(26)27;/h4-6,8-11,13,25H,1-3,7,12,14H2;1H/q+1;/p-1. The third-order valence-corrected chi connectivity index (χ3v) is 5.59. The Balaban J connectivity index is 0.00000225. The Morgan fingerprint density at radius 1 is 1.14 bits per heavy atom. The molecular formula is C20H21BrClN3O3. The van der Waals surface area contributed by atoms with Gasteiger partial charge in [-0.25, -0.2) is 0 Å². The van der Waals surface area contributed by atoms with Crippen LogP contribution in [-0.2, 0) is 5.72 Å². The van der Waals surface area contributed by atoms with Crippen molar-refractivity contribution in [3.8, 4) is 0 Å². The lowest BCUT2D eigenvalue weighted by atomic mass is 9.99. The number of anilines is 1. The van der Waals surface area contributed by atoms with Crippen molar-refractivity contribution in [3.63, 3.8) is 0 Å². The van der Waals surface area contributed by atoms with Gasteiger partial charge in [-0.05, 0) is 43.5 Å². The molecule has 4 rings (SSSR count). The van der Waals surface area contributed by atoms with Gasteiger partial charge < -0.3 is 22.1 Å². The summed E-state index contributed by atoms with van der Waals surface area (Å²) in [6.45, 7) is 1.25. The van der Waals surface area contributed by atoms with Crippen LogP contribution >= 0.6 is 11.6 Å². The van der Waals surface area contributed by atoms with Crippen molar-refractivity contribution in [2.45, 2.75) is 31.4 Å². The Hall–Kier alpha value is -1.96.